The van der Waals surface area contributed by atoms with E-state index in [2.05, 4.69) is 0 Å². The second-order valence-corrected chi connectivity index (χ2v) is 5.63. The van der Waals surface area contributed by atoms with E-state index in [4.69, 9.17) is 5.73 Å². The molecular formula is C14H12F3NOS. The van der Waals surface area contributed by atoms with Crippen LogP contribution in [0.4, 0.5) is 18.9 Å². The molecule has 1 atom stereocenters. The molecule has 0 aromatic heterocycles. The highest BCUT2D eigenvalue weighted by molar-refractivity contribution is 7.90. The maximum absolute atomic E-state index is 12.7. The SMILES string of the molecule is Nc1c(C[S+]([O-])c2ccccc2)cccc1C(F)(F)F. The van der Waals surface area contributed by atoms with Crippen molar-refractivity contribution in [3.63, 3.8) is 0 Å². The quantitative estimate of drug-likeness (QED) is 0.695. The van der Waals surface area contributed by atoms with E-state index in [1.54, 1.807) is 30.3 Å². The molecule has 0 heterocycles. The Morgan fingerprint density at radius 1 is 1.00 bits per heavy atom. The summed E-state index contributed by atoms with van der Waals surface area (Å²) in [4.78, 5) is 0.560. The fourth-order valence-electron chi connectivity index (χ4n) is 1.78. The van der Waals surface area contributed by atoms with Gasteiger partial charge >= 0.3 is 6.18 Å². The van der Waals surface area contributed by atoms with E-state index < -0.39 is 22.9 Å². The van der Waals surface area contributed by atoms with E-state index in [0.29, 0.717) is 4.90 Å². The van der Waals surface area contributed by atoms with Crippen LogP contribution >= 0.6 is 0 Å². The van der Waals surface area contributed by atoms with Crippen molar-refractivity contribution in [2.45, 2.75) is 16.8 Å². The Morgan fingerprint density at radius 2 is 1.65 bits per heavy atom. The van der Waals surface area contributed by atoms with Crippen LogP contribution in [0.25, 0.3) is 0 Å². The Bertz CT molecular complexity index is 587. The first-order chi connectivity index (χ1) is 9.39. The van der Waals surface area contributed by atoms with Crippen molar-refractivity contribution >= 4 is 16.9 Å². The molecule has 0 amide bonds. The Hall–Kier alpha value is -1.66. The monoisotopic (exact) mass is 299 g/mol. The van der Waals surface area contributed by atoms with Gasteiger partial charge in [0, 0.05) is 5.56 Å². The lowest BCUT2D eigenvalue weighted by Gasteiger charge is -2.15. The van der Waals surface area contributed by atoms with Crippen LogP contribution in [-0.2, 0) is 23.1 Å². The van der Waals surface area contributed by atoms with Crippen molar-refractivity contribution < 1.29 is 17.7 Å². The lowest BCUT2D eigenvalue weighted by atomic mass is 10.1. The Kier molecular flexibility index (Phi) is 4.25. The Balaban J connectivity index is 2.27. The molecule has 2 aromatic carbocycles. The number of nitrogen functional groups attached to an aromatic ring is 1. The first-order valence-electron chi connectivity index (χ1n) is 5.77. The topological polar surface area (TPSA) is 49.1 Å². The molecule has 0 aliphatic carbocycles. The predicted octanol–water partition coefficient (Wildman–Crippen LogP) is 3.60. The Labute approximate surface area is 117 Å². The molecule has 0 fully saturated rings. The van der Waals surface area contributed by atoms with Gasteiger partial charge in [0.1, 0.15) is 5.75 Å². The summed E-state index contributed by atoms with van der Waals surface area (Å²) in [5.41, 5.74) is 4.53. The highest BCUT2D eigenvalue weighted by Gasteiger charge is 2.34. The van der Waals surface area contributed by atoms with E-state index in [-0.39, 0.29) is 17.0 Å². The lowest BCUT2D eigenvalue weighted by Crippen LogP contribution is -2.13. The van der Waals surface area contributed by atoms with Crippen LogP contribution < -0.4 is 5.73 Å². The summed E-state index contributed by atoms with van der Waals surface area (Å²) >= 11 is -1.43. The van der Waals surface area contributed by atoms with E-state index in [0.717, 1.165) is 6.07 Å². The van der Waals surface area contributed by atoms with Crippen molar-refractivity contribution in [2.75, 3.05) is 5.73 Å². The zero-order valence-corrected chi connectivity index (χ0v) is 11.2. The van der Waals surface area contributed by atoms with Gasteiger partial charge in [-0.1, -0.05) is 30.3 Å². The van der Waals surface area contributed by atoms with Gasteiger partial charge < -0.3 is 10.3 Å². The third kappa shape index (κ3) is 3.26. The fraction of sp³-hybridized carbons (Fsp3) is 0.143. The van der Waals surface area contributed by atoms with Crippen LogP contribution in [0.1, 0.15) is 11.1 Å². The van der Waals surface area contributed by atoms with Crippen LogP contribution in [0.5, 0.6) is 0 Å². The molecule has 2 rings (SSSR count). The molecule has 2 N–H and O–H groups in total. The number of nitrogens with two attached hydrogens (primary N) is 1. The summed E-state index contributed by atoms with van der Waals surface area (Å²) in [6, 6.07) is 12.2. The number of anilines is 1. The summed E-state index contributed by atoms with van der Waals surface area (Å²) < 4.78 is 50.3. The highest BCUT2D eigenvalue weighted by Crippen LogP contribution is 2.35. The van der Waals surface area contributed by atoms with Crippen LogP contribution in [-0.4, -0.2) is 4.55 Å². The van der Waals surface area contributed by atoms with Crippen molar-refractivity contribution in [1.82, 2.24) is 0 Å². The third-order valence-corrected chi connectivity index (χ3v) is 4.17. The first-order valence-corrected chi connectivity index (χ1v) is 7.09. The minimum absolute atomic E-state index is 0.0419. The van der Waals surface area contributed by atoms with Gasteiger partial charge in [-0.3, -0.25) is 0 Å². The molecule has 0 aliphatic heterocycles. The minimum atomic E-state index is -4.51. The zero-order chi connectivity index (χ0) is 14.8. The number of halogens is 3. The zero-order valence-electron chi connectivity index (χ0n) is 10.4. The summed E-state index contributed by atoms with van der Waals surface area (Å²) in [5.74, 6) is -0.0419. The van der Waals surface area contributed by atoms with E-state index in [1.165, 1.54) is 12.1 Å². The molecule has 2 nitrogen and oxygen atoms in total. The van der Waals surface area contributed by atoms with Crippen LogP contribution in [0.2, 0.25) is 0 Å². The van der Waals surface area contributed by atoms with Gasteiger partial charge in [-0.25, -0.2) is 0 Å². The van der Waals surface area contributed by atoms with Gasteiger partial charge in [0.2, 0.25) is 0 Å². The van der Waals surface area contributed by atoms with Gasteiger partial charge in [0.05, 0.1) is 11.3 Å². The smallest absolute Gasteiger partial charge is 0.418 e. The second kappa shape index (κ2) is 5.76. The maximum Gasteiger partial charge on any atom is 0.418 e. The number of hydrogen-bond acceptors (Lipinski definition) is 2. The van der Waals surface area contributed by atoms with Crippen molar-refractivity contribution in [3.8, 4) is 0 Å². The van der Waals surface area contributed by atoms with Gasteiger partial charge in [-0.05, 0) is 29.4 Å². The number of alkyl halides is 3. The number of rotatable bonds is 3. The van der Waals surface area contributed by atoms with Crippen molar-refractivity contribution in [2.24, 2.45) is 0 Å². The van der Waals surface area contributed by atoms with Gasteiger partial charge in [-0.2, -0.15) is 13.2 Å². The fourth-order valence-corrected chi connectivity index (χ4v) is 2.94. The molecule has 0 bridgehead atoms. The van der Waals surface area contributed by atoms with E-state index >= 15 is 0 Å². The largest absolute Gasteiger partial charge is 0.611 e. The molecule has 1 unspecified atom stereocenters. The molecule has 0 saturated carbocycles. The number of para-hydroxylation sites is 1. The van der Waals surface area contributed by atoms with Crippen molar-refractivity contribution in [1.29, 1.82) is 0 Å². The van der Waals surface area contributed by atoms with Gasteiger partial charge in [-0.15, -0.1) is 0 Å². The molecule has 0 saturated heterocycles. The standard InChI is InChI=1S/C14H12F3NOS/c15-14(16,17)12-8-4-5-10(13(12)18)9-20(19)11-6-2-1-3-7-11/h1-8H,9,18H2. The molecule has 0 aliphatic rings. The molecule has 6 heteroatoms. The molecule has 20 heavy (non-hydrogen) atoms. The summed E-state index contributed by atoms with van der Waals surface area (Å²) in [6.07, 6.45) is -4.51. The van der Waals surface area contributed by atoms with Gasteiger partial charge in [0.25, 0.3) is 0 Å². The minimum Gasteiger partial charge on any atom is -0.611 e. The molecule has 0 spiro atoms. The summed E-state index contributed by atoms with van der Waals surface area (Å²) in [7, 11) is 0. The van der Waals surface area contributed by atoms with Gasteiger partial charge in [0.15, 0.2) is 4.90 Å². The van der Waals surface area contributed by atoms with E-state index in [1.807, 2.05) is 0 Å². The first kappa shape index (κ1) is 14.7. The average Bonchev–Trinajstić information content (AvgIpc) is 2.40. The molecular weight excluding hydrogens is 287 g/mol. The number of benzene rings is 2. The third-order valence-electron chi connectivity index (χ3n) is 2.79. The van der Waals surface area contributed by atoms with E-state index in [9.17, 15) is 17.7 Å². The average molecular weight is 299 g/mol. The second-order valence-electron chi connectivity index (χ2n) is 4.18. The predicted molar refractivity (Wildman–Crippen MR) is 72.4 cm³/mol. The molecule has 0 radical (unpaired) electrons. The van der Waals surface area contributed by atoms with Crippen LogP contribution in [0.3, 0.4) is 0 Å². The Morgan fingerprint density at radius 3 is 2.25 bits per heavy atom. The molecule has 2 aromatic rings. The maximum atomic E-state index is 12.7. The summed E-state index contributed by atoms with van der Waals surface area (Å²) in [6.45, 7) is 0. The molecule has 106 valence electrons. The van der Waals surface area contributed by atoms with Crippen molar-refractivity contribution in [3.05, 3.63) is 59.7 Å². The summed E-state index contributed by atoms with van der Waals surface area (Å²) in [5, 5.41) is 0. The highest BCUT2D eigenvalue weighted by atomic mass is 32.2. The number of hydrogen-bond donors (Lipinski definition) is 1. The lowest BCUT2D eigenvalue weighted by molar-refractivity contribution is -0.136. The van der Waals surface area contributed by atoms with Crippen LogP contribution in [0, 0.1) is 0 Å². The van der Waals surface area contributed by atoms with Crippen LogP contribution in [0.15, 0.2) is 53.4 Å². The normalized spacial score (nSPS) is 13.2.